The number of aryl methyl sites for hydroxylation is 1. The Kier molecular flexibility index (Phi) is 4.19. The summed E-state index contributed by atoms with van der Waals surface area (Å²) >= 11 is 0. The van der Waals surface area contributed by atoms with E-state index < -0.39 is 5.91 Å². The normalized spacial score (nSPS) is 19.4. The van der Waals surface area contributed by atoms with Crippen LogP contribution in [0.15, 0.2) is 18.6 Å². The van der Waals surface area contributed by atoms with E-state index in [0.717, 1.165) is 39.0 Å². The lowest BCUT2D eigenvalue weighted by molar-refractivity contribution is 0.0988. The minimum Gasteiger partial charge on any atom is -0.363 e. The summed E-state index contributed by atoms with van der Waals surface area (Å²) in [5, 5.41) is 8.50. The summed E-state index contributed by atoms with van der Waals surface area (Å²) in [6, 6.07) is 2.29. The van der Waals surface area contributed by atoms with E-state index in [1.165, 1.54) is 5.69 Å². The molecule has 3 rings (SSSR count). The zero-order valence-electron chi connectivity index (χ0n) is 12.7. The summed E-state index contributed by atoms with van der Waals surface area (Å²) in [4.78, 5) is 17.5. The van der Waals surface area contributed by atoms with E-state index in [1.807, 2.05) is 10.9 Å². The predicted molar refractivity (Wildman–Crippen MR) is 80.0 cm³/mol. The summed E-state index contributed by atoms with van der Waals surface area (Å²) in [6.07, 6.45) is 5.57. The first kappa shape index (κ1) is 14.7. The lowest BCUT2D eigenvalue weighted by Crippen LogP contribution is -2.37. The second-order valence-electron chi connectivity index (χ2n) is 5.58. The number of hydrogen-bond donors (Lipinski definition) is 1. The molecule has 0 aromatic carbocycles. The van der Waals surface area contributed by atoms with Crippen molar-refractivity contribution in [3.63, 3.8) is 0 Å². The van der Waals surface area contributed by atoms with Gasteiger partial charge in [-0.05, 0) is 32.4 Å². The smallest absolute Gasteiger partial charge is 0.288 e. The summed E-state index contributed by atoms with van der Waals surface area (Å²) in [7, 11) is 0. The van der Waals surface area contributed by atoms with E-state index in [0.29, 0.717) is 0 Å². The van der Waals surface area contributed by atoms with Crippen LogP contribution in [0.1, 0.15) is 42.1 Å². The van der Waals surface area contributed by atoms with Crippen LogP contribution in [-0.4, -0.2) is 48.4 Å². The van der Waals surface area contributed by atoms with Crippen molar-refractivity contribution in [2.45, 2.75) is 38.9 Å². The van der Waals surface area contributed by atoms with Gasteiger partial charge in [0.05, 0.1) is 11.7 Å². The number of hydrogen-bond acceptors (Lipinski definition) is 5. The number of carbonyl (C=O) groups is 1. The lowest BCUT2D eigenvalue weighted by atomic mass is 10.1. The predicted octanol–water partition coefficient (Wildman–Crippen LogP) is 0.431. The van der Waals surface area contributed by atoms with E-state index in [-0.39, 0.29) is 11.9 Å². The van der Waals surface area contributed by atoms with Gasteiger partial charge in [-0.25, -0.2) is 9.67 Å². The van der Waals surface area contributed by atoms with Crippen molar-refractivity contribution in [1.82, 2.24) is 29.4 Å². The molecule has 3 heterocycles. The van der Waals surface area contributed by atoms with Gasteiger partial charge in [0.1, 0.15) is 6.33 Å². The fourth-order valence-electron chi connectivity index (χ4n) is 2.96. The number of carbonyl (C=O) groups excluding carboxylic acids is 1. The first-order chi connectivity index (χ1) is 10.7. The second kappa shape index (κ2) is 6.27. The highest BCUT2D eigenvalue weighted by molar-refractivity contribution is 5.88. The number of nitrogens with zero attached hydrogens (tertiary/aromatic N) is 6. The van der Waals surface area contributed by atoms with Gasteiger partial charge in [-0.2, -0.15) is 5.10 Å². The van der Waals surface area contributed by atoms with Crippen molar-refractivity contribution in [1.29, 1.82) is 0 Å². The monoisotopic (exact) mass is 303 g/mol. The molecule has 0 spiro atoms. The molecule has 0 saturated carbocycles. The fraction of sp³-hybridized carbons (Fsp3) is 0.571. The largest absolute Gasteiger partial charge is 0.363 e. The maximum absolute atomic E-state index is 11.1. The Balaban J connectivity index is 1.67. The third-order valence-corrected chi connectivity index (χ3v) is 4.07. The summed E-state index contributed by atoms with van der Waals surface area (Å²) < 4.78 is 3.79. The standard InChI is InChI=1S/C14H21N7O/c1-2-20-12(5-6-17-20)9-19-7-3-4-11(8-19)21-10-16-14(18-21)13(15)22/h5-6,10-11H,2-4,7-9H2,1H3,(H2,15,22). The van der Waals surface area contributed by atoms with E-state index in [9.17, 15) is 4.79 Å². The molecule has 1 saturated heterocycles. The number of likely N-dealkylation sites (tertiary alicyclic amines) is 1. The van der Waals surface area contributed by atoms with Gasteiger partial charge in [-0.1, -0.05) is 0 Å². The minimum atomic E-state index is -0.585. The molecular formula is C14H21N7O. The highest BCUT2D eigenvalue weighted by Crippen LogP contribution is 2.22. The van der Waals surface area contributed by atoms with E-state index in [4.69, 9.17) is 5.73 Å². The van der Waals surface area contributed by atoms with Crippen molar-refractivity contribution < 1.29 is 4.79 Å². The first-order valence-corrected chi connectivity index (χ1v) is 7.61. The average Bonchev–Trinajstić information content (AvgIpc) is 3.16. The van der Waals surface area contributed by atoms with Crippen LogP contribution in [0.2, 0.25) is 0 Å². The Morgan fingerprint density at radius 1 is 1.50 bits per heavy atom. The average molecular weight is 303 g/mol. The van der Waals surface area contributed by atoms with Gasteiger partial charge in [0, 0.05) is 25.8 Å². The quantitative estimate of drug-likeness (QED) is 0.864. The molecule has 0 aliphatic carbocycles. The maximum Gasteiger partial charge on any atom is 0.288 e. The lowest BCUT2D eigenvalue weighted by Gasteiger charge is -2.32. The molecule has 1 atom stereocenters. The molecule has 1 aliphatic heterocycles. The number of amides is 1. The van der Waals surface area contributed by atoms with Gasteiger partial charge in [0.15, 0.2) is 0 Å². The summed E-state index contributed by atoms with van der Waals surface area (Å²) in [5.41, 5.74) is 6.43. The third-order valence-electron chi connectivity index (χ3n) is 4.07. The highest BCUT2D eigenvalue weighted by Gasteiger charge is 2.23. The van der Waals surface area contributed by atoms with Gasteiger partial charge < -0.3 is 5.73 Å². The molecule has 22 heavy (non-hydrogen) atoms. The molecule has 0 bridgehead atoms. The van der Waals surface area contributed by atoms with Crippen LogP contribution in [0.4, 0.5) is 0 Å². The molecule has 118 valence electrons. The molecule has 1 unspecified atom stereocenters. The zero-order chi connectivity index (χ0) is 15.5. The Hall–Kier alpha value is -2.22. The summed E-state index contributed by atoms with van der Waals surface area (Å²) in [5.74, 6) is -0.501. The van der Waals surface area contributed by atoms with Crippen LogP contribution in [0.3, 0.4) is 0 Å². The van der Waals surface area contributed by atoms with Crippen molar-refractivity contribution in [3.8, 4) is 0 Å². The Morgan fingerprint density at radius 2 is 2.36 bits per heavy atom. The minimum absolute atomic E-state index is 0.0844. The summed E-state index contributed by atoms with van der Waals surface area (Å²) in [6.45, 7) is 5.79. The van der Waals surface area contributed by atoms with Crippen molar-refractivity contribution in [2.24, 2.45) is 5.73 Å². The molecule has 1 fully saturated rings. The molecule has 8 nitrogen and oxygen atoms in total. The molecule has 2 N–H and O–H groups in total. The first-order valence-electron chi connectivity index (χ1n) is 7.61. The van der Waals surface area contributed by atoms with Gasteiger partial charge in [0.2, 0.25) is 5.82 Å². The molecule has 0 radical (unpaired) electrons. The van der Waals surface area contributed by atoms with Crippen LogP contribution in [0.25, 0.3) is 0 Å². The van der Waals surface area contributed by atoms with Crippen LogP contribution >= 0.6 is 0 Å². The molecule has 2 aromatic rings. The van der Waals surface area contributed by atoms with Gasteiger partial charge in [-0.15, -0.1) is 5.10 Å². The third kappa shape index (κ3) is 3.01. The van der Waals surface area contributed by atoms with Crippen LogP contribution in [0.5, 0.6) is 0 Å². The number of rotatable bonds is 5. The van der Waals surface area contributed by atoms with E-state index in [1.54, 1.807) is 11.0 Å². The maximum atomic E-state index is 11.1. The van der Waals surface area contributed by atoms with Crippen LogP contribution in [-0.2, 0) is 13.1 Å². The van der Waals surface area contributed by atoms with Crippen molar-refractivity contribution >= 4 is 5.91 Å². The fourth-order valence-corrected chi connectivity index (χ4v) is 2.96. The number of primary amides is 1. The highest BCUT2D eigenvalue weighted by atomic mass is 16.1. The Morgan fingerprint density at radius 3 is 3.09 bits per heavy atom. The molecule has 8 heteroatoms. The molecule has 1 amide bonds. The van der Waals surface area contributed by atoms with Crippen molar-refractivity contribution in [2.75, 3.05) is 13.1 Å². The Bertz CT molecular complexity index is 647. The van der Waals surface area contributed by atoms with Crippen LogP contribution < -0.4 is 5.73 Å². The molecule has 2 aromatic heterocycles. The second-order valence-corrected chi connectivity index (χ2v) is 5.58. The Labute approximate surface area is 128 Å². The van der Waals surface area contributed by atoms with Gasteiger partial charge in [0.25, 0.3) is 5.91 Å². The SMILES string of the molecule is CCn1nccc1CN1CCCC(n2cnc(C(N)=O)n2)C1. The zero-order valence-corrected chi connectivity index (χ0v) is 12.7. The molecular weight excluding hydrogens is 282 g/mol. The number of nitrogens with two attached hydrogens (primary N) is 1. The van der Waals surface area contributed by atoms with Crippen LogP contribution in [0, 0.1) is 0 Å². The number of piperidine rings is 1. The van der Waals surface area contributed by atoms with Crippen molar-refractivity contribution in [3.05, 3.63) is 30.1 Å². The van der Waals surface area contributed by atoms with Gasteiger partial charge in [-0.3, -0.25) is 14.4 Å². The van der Waals surface area contributed by atoms with E-state index in [2.05, 4.69) is 33.1 Å². The van der Waals surface area contributed by atoms with Gasteiger partial charge >= 0.3 is 0 Å². The number of aromatic nitrogens is 5. The molecule has 1 aliphatic rings. The van der Waals surface area contributed by atoms with E-state index >= 15 is 0 Å². The topological polar surface area (TPSA) is 94.9 Å².